The molecule has 0 spiro atoms. The van der Waals surface area contributed by atoms with Crippen LogP contribution in [-0.2, 0) is 11.4 Å². The number of H-pyrrole nitrogens is 1. The van der Waals surface area contributed by atoms with E-state index >= 15 is 0 Å². The first-order valence-electron chi connectivity index (χ1n) is 9.38. The van der Waals surface area contributed by atoms with E-state index in [9.17, 15) is 4.79 Å². The number of nitrogens with one attached hydrogen (secondary N) is 2. The van der Waals surface area contributed by atoms with Gasteiger partial charge in [0.05, 0.1) is 10.7 Å². The summed E-state index contributed by atoms with van der Waals surface area (Å²) in [6, 6.07) is 15.1. The number of nitrogens with zero attached hydrogens (tertiary/aromatic N) is 2. The molecule has 0 aliphatic rings. The van der Waals surface area contributed by atoms with Gasteiger partial charge in [0.2, 0.25) is 5.91 Å². The van der Waals surface area contributed by atoms with Gasteiger partial charge in [0, 0.05) is 35.1 Å². The molecule has 2 aromatic heterocycles. The van der Waals surface area contributed by atoms with Crippen LogP contribution in [0.25, 0.3) is 17.5 Å². The van der Waals surface area contributed by atoms with Gasteiger partial charge in [0.1, 0.15) is 18.2 Å². The lowest BCUT2D eigenvalue weighted by Crippen LogP contribution is -2.07. The molecule has 2 N–H and O–H groups in total. The molecule has 2 aromatic carbocycles. The van der Waals surface area contributed by atoms with Crippen LogP contribution in [0.1, 0.15) is 16.3 Å². The fourth-order valence-electron chi connectivity index (χ4n) is 2.83. The minimum absolute atomic E-state index is 0.204. The Morgan fingerprint density at radius 3 is 2.83 bits per heavy atom. The standard InChI is InChI=1S/C23H20N4O2S/c1-16-26-20(15-30-16)14-29-21-4-2-3-17(13-21)5-10-22(28)27-19-8-6-18(7-9-19)23-24-11-12-25-23/h2-13,15H,14H2,1H3,(H,24,25)(H,27,28)/b10-5+. The number of aromatic nitrogens is 3. The summed E-state index contributed by atoms with van der Waals surface area (Å²) in [6.45, 7) is 2.39. The second-order valence-corrected chi connectivity index (χ2v) is 7.62. The van der Waals surface area contributed by atoms with E-state index in [1.807, 2.05) is 60.8 Å². The van der Waals surface area contributed by atoms with Crippen LogP contribution in [0.4, 0.5) is 5.69 Å². The third-order valence-electron chi connectivity index (χ3n) is 4.26. The Morgan fingerprint density at radius 1 is 1.23 bits per heavy atom. The molecule has 150 valence electrons. The number of hydrogen-bond acceptors (Lipinski definition) is 5. The molecule has 0 radical (unpaired) electrons. The number of carbonyl (C=O) groups excluding carboxylic acids is 1. The van der Waals surface area contributed by atoms with Gasteiger partial charge in [-0.2, -0.15) is 0 Å². The van der Waals surface area contributed by atoms with Crippen LogP contribution < -0.4 is 10.1 Å². The molecule has 0 saturated carbocycles. The molecule has 4 aromatic rings. The average molecular weight is 417 g/mol. The molecule has 2 heterocycles. The van der Waals surface area contributed by atoms with Crippen molar-refractivity contribution in [2.45, 2.75) is 13.5 Å². The zero-order valence-electron chi connectivity index (χ0n) is 16.3. The van der Waals surface area contributed by atoms with Crippen molar-refractivity contribution in [1.29, 1.82) is 0 Å². The van der Waals surface area contributed by atoms with Crippen LogP contribution in [0.15, 0.2) is 72.4 Å². The highest BCUT2D eigenvalue weighted by Gasteiger charge is 2.03. The number of benzene rings is 2. The summed E-state index contributed by atoms with van der Waals surface area (Å²) < 4.78 is 5.79. The number of aromatic amines is 1. The van der Waals surface area contributed by atoms with Gasteiger partial charge in [-0.05, 0) is 55.0 Å². The van der Waals surface area contributed by atoms with Crippen molar-refractivity contribution in [2.24, 2.45) is 0 Å². The maximum Gasteiger partial charge on any atom is 0.248 e. The van der Waals surface area contributed by atoms with Crippen LogP contribution in [0.3, 0.4) is 0 Å². The van der Waals surface area contributed by atoms with Gasteiger partial charge in [0.15, 0.2) is 0 Å². The smallest absolute Gasteiger partial charge is 0.248 e. The van der Waals surface area contributed by atoms with Crippen LogP contribution in [-0.4, -0.2) is 20.9 Å². The lowest BCUT2D eigenvalue weighted by Gasteiger charge is -2.05. The zero-order chi connectivity index (χ0) is 20.8. The topological polar surface area (TPSA) is 79.9 Å². The molecule has 0 aliphatic heterocycles. The van der Waals surface area contributed by atoms with E-state index in [4.69, 9.17) is 4.74 Å². The van der Waals surface area contributed by atoms with Crippen molar-refractivity contribution in [3.05, 3.63) is 88.6 Å². The molecule has 1 amide bonds. The van der Waals surface area contributed by atoms with Crippen molar-refractivity contribution in [1.82, 2.24) is 15.0 Å². The van der Waals surface area contributed by atoms with Gasteiger partial charge < -0.3 is 15.0 Å². The van der Waals surface area contributed by atoms with E-state index in [-0.39, 0.29) is 5.91 Å². The second-order valence-electron chi connectivity index (χ2n) is 6.56. The molecular weight excluding hydrogens is 396 g/mol. The quantitative estimate of drug-likeness (QED) is 0.412. The van der Waals surface area contributed by atoms with Crippen molar-refractivity contribution >= 4 is 29.0 Å². The van der Waals surface area contributed by atoms with Crippen LogP contribution in [0, 0.1) is 6.92 Å². The first-order chi connectivity index (χ1) is 14.7. The number of thiazole rings is 1. The van der Waals surface area contributed by atoms with E-state index in [1.165, 1.54) is 6.08 Å². The number of ether oxygens (including phenoxy) is 1. The normalized spacial score (nSPS) is 11.0. The van der Waals surface area contributed by atoms with E-state index < -0.39 is 0 Å². The Labute approximate surface area is 178 Å². The number of amides is 1. The maximum absolute atomic E-state index is 12.2. The average Bonchev–Trinajstić information content (AvgIpc) is 3.44. The predicted molar refractivity (Wildman–Crippen MR) is 119 cm³/mol. The summed E-state index contributed by atoms with van der Waals surface area (Å²) in [7, 11) is 0. The molecule has 7 heteroatoms. The first-order valence-corrected chi connectivity index (χ1v) is 10.3. The summed E-state index contributed by atoms with van der Waals surface area (Å²) in [5, 5.41) is 5.86. The van der Waals surface area contributed by atoms with Crippen LogP contribution in [0.2, 0.25) is 0 Å². The van der Waals surface area contributed by atoms with Gasteiger partial charge in [-0.1, -0.05) is 12.1 Å². The molecule has 0 aliphatic carbocycles. The van der Waals surface area contributed by atoms with Crippen molar-refractivity contribution < 1.29 is 9.53 Å². The number of anilines is 1. The Morgan fingerprint density at radius 2 is 2.10 bits per heavy atom. The minimum atomic E-state index is -0.204. The molecule has 0 atom stereocenters. The van der Waals surface area contributed by atoms with Gasteiger partial charge in [-0.25, -0.2) is 9.97 Å². The third-order valence-corrected chi connectivity index (χ3v) is 5.08. The van der Waals surface area contributed by atoms with Gasteiger partial charge in [-0.15, -0.1) is 11.3 Å². The van der Waals surface area contributed by atoms with Crippen molar-refractivity contribution in [2.75, 3.05) is 5.32 Å². The molecule has 0 saturated heterocycles. The summed E-state index contributed by atoms with van der Waals surface area (Å²) >= 11 is 1.60. The fraction of sp³-hybridized carbons (Fsp3) is 0.0870. The third kappa shape index (κ3) is 5.21. The summed E-state index contributed by atoms with van der Waals surface area (Å²) in [5.41, 5.74) is 3.47. The van der Waals surface area contributed by atoms with E-state index in [1.54, 1.807) is 29.8 Å². The molecule has 4 rings (SSSR count). The molecule has 0 unspecified atom stereocenters. The molecule has 0 bridgehead atoms. The number of carbonyl (C=O) groups is 1. The monoisotopic (exact) mass is 416 g/mol. The number of aryl methyl sites for hydroxylation is 1. The number of hydrogen-bond donors (Lipinski definition) is 2. The minimum Gasteiger partial charge on any atom is -0.487 e. The van der Waals surface area contributed by atoms with Crippen molar-refractivity contribution in [3.63, 3.8) is 0 Å². The molecule has 30 heavy (non-hydrogen) atoms. The zero-order valence-corrected chi connectivity index (χ0v) is 17.1. The van der Waals surface area contributed by atoms with E-state index in [0.29, 0.717) is 6.61 Å². The van der Waals surface area contributed by atoms with Gasteiger partial charge in [-0.3, -0.25) is 4.79 Å². The van der Waals surface area contributed by atoms with E-state index in [0.717, 1.165) is 39.1 Å². The lowest BCUT2D eigenvalue weighted by atomic mass is 10.2. The van der Waals surface area contributed by atoms with Gasteiger partial charge >= 0.3 is 0 Å². The Kier molecular flexibility index (Phi) is 6.01. The molecule has 0 fully saturated rings. The van der Waals surface area contributed by atoms with Gasteiger partial charge in [0.25, 0.3) is 0 Å². The molecular formula is C23H20N4O2S. The summed E-state index contributed by atoms with van der Waals surface area (Å²) in [5.74, 6) is 1.32. The highest BCUT2D eigenvalue weighted by atomic mass is 32.1. The Balaban J connectivity index is 1.33. The van der Waals surface area contributed by atoms with Crippen molar-refractivity contribution in [3.8, 4) is 17.1 Å². The Hall–Kier alpha value is -3.71. The summed E-state index contributed by atoms with van der Waals surface area (Å²) in [6.07, 6.45) is 6.74. The predicted octanol–water partition coefficient (Wildman–Crippen LogP) is 5.07. The number of rotatable bonds is 7. The number of imidazole rings is 1. The van der Waals surface area contributed by atoms with E-state index in [2.05, 4.69) is 20.3 Å². The van der Waals surface area contributed by atoms with Crippen LogP contribution >= 0.6 is 11.3 Å². The molecule has 6 nitrogen and oxygen atoms in total. The highest BCUT2D eigenvalue weighted by molar-refractivity contribution is 7.09. The SMILES string of the molecule is Cc1nc(COc2cccc(/C=C/C(=O)Nc3ccc(-c4ncc[nH]4)cc3)c2)cs1. The largest absolute Gasteiger partial charge is 0.487 e. The fourth-order valence-corrected chi connectivity index (χ4v) is 3.43. The summed E-state index contributed by atoms with van der Waals surface area (Å²) in [4.78, 5) is 23.9. The second kappa shape index (κ2) is 9.19. The van der Waals surface area contributed by atoms with Crippen LogP contribution in [0.5, 0.6) is 5.75 Å². The first kappa shape index (κ1) is 19.6. The Bertz CT molecular complexity index is 1150. The lowest BCUT2D eigenvalue weighted by molar-refractivity contribution is -0.111. The maximum atomic E-state index is 12.2. The highest BCUT2D eigenvalue weighted by Crippen LogP contribution is 2.19.